The van der Waals surface area contributed by atoms with Crippen LogP contribution in [0.5, 0.6) is 5.75 Å². The van der Waals surface area contributed by atoms with Crippen molar-refractivity contribution in [2.75, 3.05) is 17.5 Å². The minimum absolute atomic E-state index is 0.0366. The van der Waals surface area contributed by atoms with Crippen molar-refractivity contribution in [1.29, 1.82) is 0 Å². The molecule has 0 aromatic heterocycles. The number of hydrogen-bond acceptors (Lipinski definition) is 5. The van der Waals surface area contributed by atoms with Crippen LogP contribution in [0.1, 0.15) is 46.6 Å². The monoisotopic (exact) mass is 643 g/mol. The van der Waals surface area contributed by atoms with Crippen LogP contribution in [0.2, 0.25) is 0 Å². The molecule has 0 aliphatic carbocycles. The van der Waals surface area contributed by atoms with Crippen molar-refractivity contribution in [2.24, 2.45) is 0 Å². The quantitative estimate of drug-likeness (QED) is 0.270. The number of anilines is 1. The molecule has 1 atom stereocenters. The van der Waals surface area contributed by atoms with Gasteiger partial charge in [-0.2, -0.15) is 0 Å². The van der Waals surface area contributed by atoms with Crippen LogP contribution in [0.4, 0.5) is 5.69 Å². The van der Waals surface area contributed by atoms with Crippen molar-refractivity contribution >= 4 is 43.5 Å². The van der Waals surface area contributed by atoms with Crippen LogP contribution in [0, 0.1) is 0 Å². The lowest BCUT2D eigenvalue weighted by molar-refractivity contribution is -0.141. The summed E-state index contributed by atoms with van der Waals surface area (Å²) in [7, 11) is -4.16. The summed E-state index contributed by atoms with van der Waals surface area (Å²) in [4.78, 5) is 29.0. The van der Waals surface area contributed by atoms with E-state index < -0.39 is 34.1 Å². The number of nitrogens with one attached hydrogen (secondary N) is 1. The second-order valence-corrected chi connectivity index (χ2v) is 13.3. The van der Waals surface area contributed by atoms with E-state index in [2.05, 4.69) is 21.2 Å². The molecule has 3 aromatic carbocycles. The number of benzene rings is 3. The Morgan fingerprint density at radius 1 is 0.927 bits per heavy atom. The summed E-state index contributed by atoms with van der Waals surface area (Å²) in [6.45, 7) is 9.42. The molecule has 0 unspecified atom stereocenters. The second-order valence-electron chi connectivity index (χ2n) is 10.6. The van der Waals surface area contributed by atoms with Crippen molar-refractivity contribution < 1.29 is 22.7 Å². The van der Waals surface area contributed by atoms with Crippen LogP contribution < -0.4 is 14.4 Å². The number of halogens is 1. The maximum absolute atomic E-state index is 14.1. The highest BCUT2D eigenvalue weighted by Gasteiger charge is 2.34. The fourth-order valence-corrected chi connectivity index (χ4v) is 5.97. The first-order valence-electron chi connectivity index (χ1n) is 13.5. The third-order valence-electron chi connectivity index (χ3n) is 6.20. The molecule has 8 nitrogen and oxygen atoms in total. The van der Waals surface area contributed by atoms with Crippen molar-refractivity contribution in [3.63, 3.8) is 0 Å². The number of nitrogens with zero attached hydrogens (tertiary/aromatic N) is 2. The predicted molar refractivity (Wildman–Crippen MR) is 165 cm³/mol. The van der Waals surface area contributed by atoms with E-state index >= 15 is 0 Å². The molecule has 0 spiro atoms. The Labute approximate surface area is 251 Å². The Morgan fingerprint density at radius 2 is 1.54 bits per heavy atom. The largest absolute Gasteiger partial charge is 0.494 e. The molecule has 0 aliphatic heterocycles. The molecule has 0 radical (unpaired) electrons. The van der Waals surface area contributed by atoms with Crippen LogP contribution in [-0.2, 0) is 26.2 Å². The first kappa shape index (κ1) is 32.1. The van der Waals surface area contributed by atoms with Gasteiger partial charge in [0.15, 0.2) is 0 Å². The Kier molecular flexibility index (Phi) is 11.0. The first-order chi connectivity index (χ1) is 19.4. The average Bonchev–Trinajstić information content (AvgIpc) is 2.92. The van der Waals surface area contributed by atoms with Crippen LogP contribution in [0.15, 0.2) is 88.2 Å². The molecule has 3 rings (SSSR count). The molecule has 220 valence electrons. The molecule has 0 aliphatic rings. The third kappa shape index (κ3) is 8.81. The zero-order valence-corrected chi connectivity index (χ0v) is 26.5. The van der Waals surface area contributed by atoms with Crippen molar-refractivity contribution in [3.05, 3.63) is 88.9 Å². The summed E-state index contributed by atoms with van der Waals surface area (Å²) in [5.74, 6) is -0.217. The fourth-order valence-electron chi connectivity index (χ4n) is 4.29. The summed E-state index contributed by atoms with van der Waals surface area (Å²) in [5, 5.41) is 2.97. The molecule has 3 aromatic rings. The molecule has 0 heterocycles. The van der Waals surface area contributed by atoms with Crippen LogP contribution in [-0.4, -0.2) is 49.9 Å². The SMILES string of the molecule is CCOc1ccc(N(CC(=O)N(Cc2ccccc2)[C@@H](CC)C(=O)NC(C)(C)C)S(=O)(=O)c2ccc(Br)cc2)cc1. The van der Waals surface area contributed by atoms with Gasteiger partial charge in [-0.1, -0.05) is 53.2 Å². The minimum Gasteiger partial charge on any atom is -0.494 e. The van der Waals surface area contributed by atoms with Gasteiger partial charge in [0, 0.05) is 16.6 Å². The maximum Gasteiger partial charge on any atom is 0.264 e. The Hall–Kier alpha value is -3.37. The molecule has 1 N–H and O–H groups in total. The lowest BCUT2D eigenvalue weighted by Crippen LogP contribution is -2.55. The number of sulfonamides is 1. The van der Waals surface area contributed by atoms with E-state index in [1.165, 1.54) is 17.0 Å². The predicted octanol–water partition coefficient (Wildman–Crippen LogP) is 5.77. The van der Waals surface area contributed by atoms with Crippen molar-refractivity contribution in [1.82, 2.24) is 10.2 Å². The van der Waals surface area contributed by atoms with Gasteiger partial charge >= 0.3 is 0 Å². The minimum atomic E-state index is -4.16. The lowest BCUT2D eigenvalue weighted by Gasteiger charge is -2.34. The van der Waals surface area contributed by atoms with Crippen LogP contribution in [0.3, 0.4) is 0 Å². The van der Waals surface area contributed by atoms with Gasteiger partial charge in [-0.05, 0) is 88.2 Å². The summed E-state index contributed by atoms with van der Waals surface area (Å²) in [5.41, 5.74) is 0.619. The summed E-state index contributed by atoms with van der Waals surface area (Å²) >= 11 is 3.34. The third-order valence-corrected chi connectivity index (χ3v) is 8.51. The van der Waals surface area contributed by atoms with Gasteiger partial charge in [-0.3, -0.25) is 13.9 Å². The number of ether oxygens (including phenoxy) is 1. The van der Waals surface area contributed by atoms with Gasteiger partial charge in [-0.25, -0.2) is 8.42 Å². The first-order valence-corrected chi connectivity index (χ1v) is 15.8. The molecule has 41 heavy (non-hydrogen) atoms. The fraction of sp³-hybridized carbons (Fsp3) is 0.355. The molecule has 0 bridgehead atoms. The van der Waals surface area contributed by atoms with E-state index in [0.717, 1.165) is 14.3 Å². The van der Waals surface area contributed by atoms with E-state index in [-0.39, 0.29) is 17.3 Å². The lowest BCUT2D eigenvalue weighted by atomic mass is 10.1. The summed E-state index contributed by atoms with van der Waals surface area (Å²) in [6, 6.07) is 21.3. The standard InChI is InChI=1S/C31H38BrN3O5S/c1-6-28(30(37)33-31(3,4)5)34(21-23-11-9-8-10-12-23)29(36)22-35(25-15-17-26(18-16-25)40-7-2)41(38,39)27-19-13-24(32)14-20-27/h8-20,28H,6-7,21-22H2,1-5H3,(H,33,37)/t28-/m0/s1. The van der Waals surface area contributed by atoms with E-state index in [9.17, 15) is 18.0 Å². The molecule has 0 saturated carbocycles. The van der Waals surface area contributed by atoms with E-state index in [1.54, 1.807) is 36.4 Å². The maximum atomic E-state index is 14.1. The smallest absolute Gasteiger partial charge is 0.264 e. The van der Waals surface area contributed by atoms with Gasteiger partial charge in [0.25, 0.3) is 10.0 Å². The number of amides is 2. The number of rotatable bonds is 12. The number of carbonyl (C=O) groups excluding carboxylic acids is 2. The number of carbonyl (C=O) groups is 2. The van der Waals surface area contributed by atoms with Crippen molar-refractivity contribution in [2.45, 2.75) is 64.1 Å². The van der Waals surface area contributed by atoms with Gasteiger partial charge in [0.2, 0.25) is 11.8 Å². The molecule has 10 heteroatoms. The van der Waals surface area contributed by atoms with Gasteiger partial charge in [0.05, 0.1) is 17.2 Å². The summed E-state index contributed by atoms with van der Waals surface area (Å²) in [6.07, 6.45) is 0.350. The summed E-state index contributed by atoms with van der Waals surface area (Å²) < 4.78 is 35.3. The average molecular weight is 645 g/mol. The Bertz CT molecular complexity index is 1410. The molecular weight excluding hydrogens is 606 g/mol. The van der Waals surface area contributed by atoms with E-state index in [0.29, 0.717) is 24.5 Å². The molecule has 0 fully saturated rings. The highest BCUT2D eigenvalue weighted by molar-refractivity contribution is 9.10. The van der Waals surface area contributed by atoms with Gasteiger partial charge in [-0.15, -0.1) is 0 Å². The molecule has 0 saturated heterocycles. The van der Waals surface area contributed by atoms with Crippen LogP contribution >= 0.6 is 15.9 Å². The van der Waals surface area contributed by atoms with Crippen LogP contribution in [0.25, 0.3) is 0 Å². The highest BCUT2D eigenvalue weighted by Crippen LogP contribution is 2.27. The van der Waals surface area contributed by atoms with Crippen molar-refractivity contribution in [3.8, 4) is 5.75 Å². The van der Waals surface area contributed by atoms with Gasteiger partial charge in [0.1, 0.15) is 18.3 Å². The molecular formula is C31H38BrN3O5S. The molecule has 2 amide bonds. The van der Waals surface area contributed by atoms with E-state index in [1.807, 2.05) is 65.0 Å². The zero-order chi connectivity index (χ0) is 30.2. The van der Waals surface area contributed by atoms with E-state index in [4.69, 9.17) is 4.74 Å². The normalized spacial score (nSPS) is 12.3. The Balaban J connectivity index is 2.06. The second kappa shape index (κ2) is 14.0. The zero-order valence-electron chi connectivity index (χ0n) is 24.1. The number of hydrogen-bond donors (Lipinski definition) is 1. The topological polar surface area (TPSA) is 96.0 Å². The van der Waals surface area contributed by atoms with Gasteiger partial charge < -0.3 is 15.0 Å². The highest BCUT2D eigenvalue weighted by atomic mass is 79.9. The Morgan fingerprint density at radius 3 is 2.07 bits per heavy atom.